The molecule has 2 heterocycles. The third kappa shape index (κ3) is 2.77. The van der Waals surface area contributed by atoms with E-state index in [1.807, 2.05) is 6.92 Å². The summed E-state index contributed by atoms with van der Waals surface area (Å²) < 4.78 is 5.27. The quantitative estimate of drug-likeness (QED) is 0.761. The van der Waals surface area contributed by atoms with Gasteiger partial charge in [-0.1, -0.05) is 0 Å². The highest BCUT2D eigenvalue weighted by Gasteiger charge is 2.33. The highest BCUT2D eigenvalue weighted by atomic mass is 16.5. The molecule has 0 aromatic heterocycles. The molecule has 5 nitrogen and oxygen atoms in total. The van der Waals surface area contributed by atoms with Gasteiger partial charge in [-0.15, -0.1) is 0 Å². The van der Waals surface area contributed by atoms with Crippen LogP contribution in [0.25, 0.3) is 0 Å². The lowest BCUT2D eigenvalue weighted by atomic mass is 10.0. The van der Waals surface area contributed by atoms with E-state index in [4.69, 9.17) is 4.74 Å². The Labute approximate surface area is 101 Å². The van der Waals surface area contributed by atoms with Gasteiger partial charge in [0.25, 0.3) is 0 Å². The number of nitrogens with one attached hydrogen (secondary N) is 1. The van der Waals surface area contributed by atoms with Crippen LogP contribution in [0.5, 0.6) is 0 Å². The topological polar surface area (TPSA) is 58.6 Å². The first kappa shape index (κ1) is 12.4. The summed E-state index contributed by atoms with van der Waals surface area (Å²) >= 11 is 0. The number of rotatable bonds is 4. The molecular formula is C12H20N2O3. The molecule has 0 aliphatic carbocycles. The molecular weight excluding hydrogens is 220 g/mol. The van der Waals surface area contributed by atoms with Crippen molar-refractivity contribution in [2.24, 2.45) is 5.92 Å². The van der Waals surface area contributed by atoms with Gasteiger partial charge < -0.3 is 15.0 Å². The molecule has 2 fully saturated rings. The molecule has 0 saturated carbocycles. The zero-order valence-corrected chi connectivity index (χ0v) is 10.3. The third-order valence-electron chi connectivity index (χ3n) is 3.54. The minimum atomic E-state index is -0.255. The fraction of sp³-hybridized carbons (Fsp3) is 0.833. The van der Waals surface area contributed by atoms with Crippen LogP contribution in [0, 0.1) is 5.92 Å². The highest BCUT2D eigenvalue weighted by Crippen LogP contribution is 2.19. The SMILES string of the molecule is CCN(C(=O)C[C@H]1CCOC1)C1CCNC1=O. The van der Waals surface area contributed by atoms with Crippen LogP contribution in [0.4, 0.5) is 0 Å². The van der Waals surface area contributed by atoms with Crippen molar-refractivity contribution >= 4 is 11.8 Å². The molecule has 1 N–H and O–H groups in total. The molecule has 5 heteroatoms. The zero-order chi connectivity index (χ0) is 12.3. The molecule has 2 aliphatic rings. The Balaban J connectivity index is 1.92. The average molecular weight is 240 g/mol. The van der Waals surface area contributed by atoms with E-state index in [2.05, 4.69) is 5.32 Å². The number of likely N-dealkylation sites (N-methyl/N-ethyl adjacent to an activating group) is 1. The van der Waals surface area contributed by atoms with E-state index >= 15 is 0 Å². The van der Waals surface area contributed by atoms with Crippen molar-refractivity contribution in [1.29, 1.82) is 0 Å². The minimum Gasteiger partial charge on any atom is -0.381 e. The van der Waals surface area contributed by atoms with Gasteiger partial charge in [0.2, 0.25) is 11.8 Å². The molecule has 0 spiro atoms. The Morgan fingerprint density at radius 2 is 2.35 bits per heavy atom. The second-order valence-corrected chi connectivity index (χ2v) is 4.71. The van der Waals surface area contributed by atoms with Crippen LogP contribution >= 0.6 is 0 Å². The van der Waals surface area contributed by atoms with E-state index < -0.39 is 0 Å². The van der Waals surface area contributed by atoms with Crippen LogP contribution in [-0.2, 0) is 14.3 Å². The molecule has 2 aliphatic heterocycles. The van der Waals surface area contributed by atoms with Crippen molar-refractivity contribution in [3.05, 3.63) is 0 Å². The monoisotopic (exact) mass is 240 g/mol. The van der Waals surface area contributed by atoms with Gasteiger partial charge in [-0.2, -0.15) is 0 Å². The first-order valence-electron chi connectivity index (χ1n) is 6.37. The summed E-state index contributed by atoms with van der Waals surface area (Å²) in [6.45, 7) is 4.65. The van der Waals surface area contributed by atoms with Crippen LogP contribution in [0.2, 0.25) is 0 Å². The van der Waals surface area contributed by atoms with Gasteiger partial charge >= 0.3 is 0 Å². The standard InChI is InChI=1S/C12H20N2O3/c1-2-14(10-3-5-13-12(10)16)11(15)7-9-4-6-17-8-9/h9-10H,2-8H2,1H3,(H,13,16)/t9-,10?/m1/s1. The molecule has 0 radical (unpaired) electrons. The Kier molecular flexibility index (Phi) is 3.99. The summed E-state index contributed by atoms with van der Waals surface area (Å²) in [6.07, 6.45) is 2.21. The van der Waals surface area contributed by atoms with Crippen molar-refractivity contribution in [3.8, 4) is 0 Å². The first-order valence-corrected chi connectivity index (χ1v) is 6.37. The van der Waals surface area contributed by atoms with Gasteiger partial charge in [-0.05, 0) is 25.7 Å². The van der Waals surface area contributed by atoms with Crippen LogP contribution in [0.3, 0.4) is 0 Å². The summed E-state index contributed by atoms with van der Waals surface area (Å²) in [7, 11) is 0. The Morgan fingerprint density at radius 1 is 1.53 bits per heavy atom. The van der Waals surface area contributed by atoms with E-state index in [1.165, 1.54) is 0 Å². The molecule has 2 atom stereocenters. The molecule has 1 unspecified atom stereocenters. The molecule has 17 heavy (non-hydrogen) atoms. The van der Waals surface area contributed by atoms with Crippen molar-refractivity contribution in [2.75, 3.05) is 26.3 Å². The number of amides is 2. The van der Waals surface area contributed by atoms with Crippen molar-refractivity contribution in [2.45, 2.75) is 32.2 Å². The average Bonchev–Trinajstić information content (AvgIpc) is 2.92. The van der Waals surface area contributed by atoms with Crippen molar-refractivity contribution in [1.82, 2.24) is 10.2 Å². The second kappa shape index (κ2) is 5.49. The maximum atomic E-state index is 12.2. The molecule has 0 aromatic rings. The lowest BCUT2D eigenvalue weighted by molar-refractivity contribution is -0.139. The molecule has 2 rings (SSSR count). The van der Waals surface area contributed by atoms with Crippen molar-refractivity contribution in [3.63, 3.8) is 0 Å². The number of hydrogen-bond donors (Lipinski definition) is 1. The smallest absolute Gasteiger partial charge is 0.242 e. The second-order valence-electron chi connectivity index (χ2n) is 4.71. The minimum absolute atomic E-state index is 0.0112. The third-order valence-corrected chi connectivity index (χ3v) is 3.54. The predicted octanol–water partition coefficient (Wildman–Crippen LogP) is 0.150. The number of hydrogen-bond acceptors (Lipinski definition) is 3. The Bertz CT molecular complexity index is 300. The maximum Gasteiger partial charge on any atom is 0.242 e. The molecule has 96 valence electrons. The summed E-state index contributed by atoms with van der Waals surface area (Å²) in [5.74, 6) is 0.411. The predicted molar refractivity (Wildman–Crippen MR) is 62.3 cm³/mol. The summed E-state index contributed by atoms with van der Waals surface area (Å²) in [4.78, 5) is 25.4. The highest BCUT2D eigenvalue weighted by molar-refractivity contribution is 5.89. The van der Waals surface area contributed by atoms with Gasteiger partial charge in [0.15, 0.2) is 0 Å². The summed E-state index contributed by atoms with van der Waals surface area (Å²) in [5.41, 5.74) is 0. The first-order chi connectivity index (χ1) is 8.22. The molecule has 2 saturated heterocycles. The number of carbonyl (C=O) groups excluding carboxylic acids is 2. The molecule has 2 amide bonds. The zero-order valence-electron chi connectivity index (χ0n) is 10.3. The van der Waals surface area contributed by atoms with Gasteiger partial charge in [-0.3, -0.25) is 9.59 Å². The van der Waals surface area contributed by atoms with Crippen molar-refractivity contribution < 1.29 is 14.3 Å². The van der Waals surface area contributed by atoms with E-state index in [-0.39, 0.29) is 17.9 Å². The van der Waals surface area contributed by atoms with Gasteiger partial charge in [0.05, 0.1) is 0 Å². The van der Waals surface area contributed by atoms with Crippen LogP contribution < -0.4 is 5.32 Å². The van der Waals surface area contributed by atoms with Gasteiger partial charge in [0.1, 0.15) is 6.04 Å². The largest absolute Gasteiger partial charge is 0.381 e. The Morgan fingerprint density at radius 3 is 2.88 bits per heavy atom. The molecule has 0 aromatic carbocycles. The summed E-state index contributed by atoms with van der Waals surface area (Å²) in [6, 6.07) is -0.255. The van der Waals surface area contributed by atoms with Gasteiger partial charge in [0, 0.05) is 32.7 Å². The summed E-state index contributed by atoms with van der Waals surface area (Å²) in [5, 5.41) is 2.78. The van der Waals surface area contributed by atoms with E-state index in [0.29, 0.717) is 32.0 Å². The fourth-order valence-electron chi connectivity index (χ4n) is 2.56. The van der Waals surface area contributed by atoms with Crippen LogP contribution in [-0.4, -0.2) is 49.1 Å². The fourth-order valence-corrected chi connectivity index (χ4v) is 2.56. The lowest BCUT2D eigenvalue weighted by Crippen LogP contribution is -2.44. The normalized spacial score (nSPS) is 28.2. The van der Waals surface area contributed by atoms with E-state index in [1.54, 1.807) is 4.90 Å². The van der Waals surface area contributed by atoms with E-state index in [0.717, 1.165) is 19.4 Å². The number of ether oxygens (including phenoxy) is 1. The van der Waals surface area contributed by atoms with Crippen LogP contribution in [0.15, 0.2) is 0 Å². The molecule has 0 bridgehead atoms. The van der Waals surface area contributed by atoms with Crippen LogP contribution in [0.1, 0.15) is 26.2 Å². The number of carbonyl (C=O) groups is 2. The maximum absolute atomic E-state index is 12.2. The number of nitrogens with zero attached hydrogens (tertiary/aromatic N) is 1. The lowest BCUT2D eigenvalue weighted by Gasteiger charge is -2.26. The Hall–Kier alpha value is -1.10. The van der Waals surface area contributed by atoms with E-state index in [9.17, 15) is 9.59 Å². The van der Waals surface area contributed by atoms with Gasteiger partial charge in [-0.25, -0.2) is 0 Å².